The van der Waals surface area contributed by atoms with Gasteiger partial charge in [-0.05, 0) is 24.3 Å². The molecule has 2 aromatic rings. The highest BCUT2D eigenvalue weighted by Gasteiger charge is 2.07. The van der Waals surface area contributed by atoms with Crippen LogP contribution in [-0.2, 0) is 5.33 Å². The molecule has 0 fully saturated rings. The van der Waals surface area contributed by atoms with Crippen molar-refractivity contribution in [1.82, 2.24) is 0 Å². The fraction of sp³-hybridized carbons (Fsp3) is 0.0769. The minimum atomic E-state index is 0.675. The quantitative estimate of drug-likeness (QED) is 0.722. The molecule has 2 aromatic carbocycles. The van der Waals surface area contributed by atoms with E-state index in [1.54, 1.807) is 0 Å². The molecule has 0 amide bonds. The summed E-state index contributed by atoms with van der Waals surface area (Å²) in [6.45, 7) is 0. The van der Waals surface area contributed by atoms with Gasteiger partial charge in [-0.3, -0.25) is 0 Å². The van der Waals surface area contributed by atoms with Crippen LogP contribution >= 0.6 is 27.5 Å². The highest BCUT2D eigenvalue weighted by Crippen LogP contribution is 2.31. The van der Waals surface area contributed by atoms with Gasteiger partial charge in [0, 0.05) is 15.9 Å². The van der Waals surface area contributed by atoms with Gasteiger partial charge in [-0.15, -0.1) is 0 Å². The Morgan fingerprint density at radius 3 is 2.44 bits per heavy atom. The monoisotopic (exact) mass is 296 g/mol. The van der Waals surface area contributed by atoms with Crippen molar-refractivity contribution in [3.05, 3.63) is 59.1 Å². The molecule has 16 heavy (non-hydrogen) atoms. The summed E-state index contributed by atoms with van der Waals surface area (Å²) in [5.41, 5.74) is 0.966. The molecule has 0 saturated heterocycles. The van der Waals surface area contributed by atoms with Gasteiger partial charge in [0.05, 0.1) is 0 Å². The molecule has 0 aliphatic carbocycles. The summed E-state index contributed by atoms with van der Waals surface area (Å²) < 4.78 is 5.77. The highest BCUT2D eigenvalue weighted by atomic mass is 79.9. The van der Waals surface area contributed by atoms with Gasteiger partial charge in [-0.1, -0.05) is 51.8 Å². The number of halogens is 2. The van der Waals surface area contributed by atoms with Gasteiger partial charge in [-0.25, -0.2) is 0 Å². The second-order valence-corrected chi connectivity index (χ2v) is 4.23. The summed E-state index contributed by atoms with van der Waals surface area (Å²) in [7, 11) is 0. The first-order valence-electron chi connectivity index (χ1n) is 4.87. The Hall–Kier alpha value is -0.990. The van der Waals surface area contributed by atoms with E-state index < -0.39 is 0 Å². The topological polar surface area (TPSA) is 9.23 Å². The lowest BCUT2D eigenvalue weighted by molar-refractivity contribution is 0.478. The number of hydrogen-bond donors (Lipinski definition) is 0. The SMILES string of the molecule is Clc1cccc(Oc2ccccc2)c1CBr. The van der Waals surface area contributed by atoms with E-state index in [4.69, 9.17) is 16.3 Å². The molecule has 1 nitrogen and oxygen atoms in total. The Morgan fingerprint density at radius 1 is 1.00 bits per heavy atom. The van der Waals surface area contributed by atoms with E-state index in [-0.39, 0.29) is 0 Å². The predicted octanol–water partition coefficient (Wildman–Crippen LogP) is 5.03. The number of ether oxygens (including phenoxy) is 1. The Kier molecular flexibility index (Phi) is 3.86. The van der Waals surface area contributed by atoms with Gasteiger partial charge in [0.15, 0.2) is 0 Å². The Labute approximate surface area is 108 Å². The van der Waals surface area contributed by atoms with Crippen LogP contribution in [-0.4, -0.2) is 0 Å². The lowest BCUT2D eigenvalue weighted by Gasteiger charge is -2.10. The zero-order valence-electron chi connectivity index (χ0n) is 8.49. The molecule has 0 bridgehead atoms. The van der Waals surface area contributed by atoms with Crippen LogP contribution in [0.4, 0.5) is 0 Å². The zero-order chi connectivity index (χ0) is 11.4. The molecule has 0 aromatic heterocycles. The van der Waals surface area contributed by atoms with E-state index in [9.17, 15) is 0 Å². The molecule has 0 atom stereocenters. The average molecular weight is 298 g/mol. The summed E-state index contributed by atoms with van der Waals surface area (Å²) in [5.74, 6) is 1.60. The highest BCUT2D eigenvalue weighted by molar-refractivity contribution is 9.08. The van der Waals surface area contributed by atoms with Crippen LogP contribution in [0.5, 0.6) is 11.5 Å². The lowest BCUT2D eigenvalue weighted by Crippen LogP contribution is -1.89. The molecule has 2 rings (SSSR count). The minimum Gasteiger partial charge on any atom is -0.457 e. The molecule has 0 radical (unpaired) electrons. The van der Waals surface area contributed by atoms with Crippen LogP contribution in [0.15, 0.2) is 48.5 Å². The zero-order valence-corrected chi connectivity index (χ0v) is 10.8. The Balaban J connectivity index is 2.31. The van der Waals surface area contributed by atoms with Crippen molar-refractivity contribution >= 4 is 27.5 Å². The fourth-order valence-electron chi connectivity index (χ4n) is 1.38. The molecule has 0 aliphatic heterocycles. The van der Waals surface area contributed by atoms with E-state index in [2.05, 4.69) is 15.9 Å². The fourth-order valence-corrected chi connectivity index (χ4v) is 2.35. The molecular formula is C13H10BrClO. The van der Waals surface area contributed by atoms with E-state index in [1.807, 2.05) is 48.5 Å². The third-order valence-electron chi connectivity index (χ3n) is 2.18. The third kappa shape index (κ3) is 2.57. The van der Waals surface area contributed by atoms with Crippen molar-refractivity contribution in [2.45, 2.75) is 5.33 Å². The second-order valence-electron chi connectivity index (χ2n) is 3.27. The molecule has 82 valence electrons. The molecule has 3 heteroatoms. The van der Waals surface area contributed by atoms with Crippen molar-refractivity contribution in [2.24, 2.45) is 0 Å². The molecule has 0 heterocycles. The Bertz CT molecular complexity index is 471. The summed E-state index contributed by atoms with van der Waals surface area (Å²) in [6.07, 6.45) is 0. The summed E-state index contributed by atoms with van der Waals surface area (Å²) >= 11 is 9.49. The van der Waals surface area contributed by atoms with Crippen LogP contribution in [0.2, 0.25) is 5.02 Å². The van der Waals surface area contributed by atoms with Crippen LogP contribution in [0, 0.1) is 0 Å². The van der Waals surface area contributed by atoms with Gasteiger partial charge < -0.3 is 4.74 Å². The van der Waals surface area contributed by atoms with Gasteiger partial charge in [-0.2, -0.15) is 0 Å². The maximum atomic E-state index is 6.09. The summed E-state index contributed by atoms with van der Waals surface area (Å²) in [4.78, 5) is 0. The molecule has 0 spiro atoms. The van der Waals surface area contributed by atoms with Gasteiger partial charge >= 0.3 is 0 Å². The lowest BCUT2D eigenvalue weighted by atomic mass is 10.2. The van der Waals surface area contributed by atoms with Crippen molar-refractivity contribution < 1.29 is 4.74 Å². The van der Waals surface area contributed by atoms with Crippen LogP contribution in [0.25, 0.3) is 0 Å². The molecular weight excluding hydrogens is 287 g/mol. The van der Waals surface area contributed by atoms with Crippen LogP contribution in [0.3, 0.4) is 0 Å². The number of benzene rings is 2. The third-order valence-corrected chi connectivity index (χ3v) is 3.10. The number of alkyl halides is 1. The molecule has 0 aliphatic rings. The summed E-state index contributed by atoms with van der Waals surface area (Å²) in [5, 5.41) is 1.39. The smallest absolute Gasteiger partial charge is 0.132 e. The van der Waals surface area contributed by atoms with E-state index in [1.165, 1.54) is 0 Å². The van der Waals surface area contributed by atoms with Crippen LogP contribution < -0.4 is 4.74 Å². The van der Waals surface area contributed by atoms with Crippen molar-refractivity contribution in [3.8, 4) is 11.5 Å². The van der Waals surface area contributed by atoms with Crippen molar-refractivity contribution in [1.29, 1.82) is 0 Å². The van der Waals surface area contributed by atoms with E-state index >= 15 is 0 Å². The molecule has 0 saturated carbocycles. The predicted molar refractivity (Wildman–Crippen MR) is 70.6 cm³/mol. The first-order valence-corrected chi connectivity index (χ1v) is 6.37. The molecule has 0 N–H and O–H groups in total. The van der Waals surface area contributed by atoms with Crippen molar-refractivity contribution in [3.63, 3.8) is 0 Å². The standard InChI is InChI=1S/C13H10BrClO/c14-9-11-12(15)7-4-8-13(11)16-10-5-2-1-3-6-10/h1-8H,9H2. The first kappa shape index (κ1) is 11.5. The van der Waals surface area contributed by atoms with Gasteiger partial charge in [0.1, 0.15) is 11.5 Å². The average Bonchev–Trinajstić information content (AvgIpc) is 2.31. The Morgan fingerprint density at radius 2 is 1.75 bits per heavy atom. The number of hydrogen-bond acceptors (Lipinski definition) is 1. The maximum Gasteiger partial charge on any atom is 0.132 e. The van der Waals surface area contributed by atoms with Crippen molar-refractivity contribution in [2.75, 3.05) is 0 Å². The normalized spacial score (nSPS) is 10.1. The minimum absolute atomic E-state index is 0.675. The van der Waals surface area contributed by atoms with Gasteiger partial charge in [0.25, 0.3) is 0 Å². The van der Waals surface area contributed by atoms with Gasteiger partial charge in [0.2, 0.25) is 0 Å². The second kappa shape index (κ2) is 5.37. The molecule has 0 unspecified atom stereocenters. The van der Waals surface area contributed by atoms with E-state index in [0.29, 0.717) is 10.4 Å². The summed E-state index contributed by atoms with van der Waals surface area (Å²) in [6, 6.07) is 15.3. The van der Waals surface area contributed by atoms with Crippen LogP contribution in [0.1, 0.15) is 5.56 Å². The largest absolute Gasteiger partial charge is 0.457 e. The number of rotatable bonds is 3. The first-order chi connectivity index (χ1) is 7.81. The number of para-hydroxylation sites is 1. The maximum absolute atomic E-state index is 6.09. The van der Waals surface area contributed by atoms with E-state index in [0.717, 1.165) is 17.1 Å².